The molecule has 156 valence electrons. The Bertz CT molecular complexity index is 1320. The maximum atomic E-state index is 12.7. The number of amides is 1. The van der Waals surface area contributed by atoms with Gasteiger partial charge in [0.05, 0.1) is 18.5 Å². The van der Waals surface area contributed by atoms with Crippen LogP contribution < -0.4 is 15.6 Å². The monoisotopic (exact) mass is 431 g/mol. The minimum absolute atomic E-state index is 0.107. The molecular formula is C24H21N3O3S. The molecule has 1 amide bonds. The maximum absolute atomic E-state index is 12.7. The van der Waals surface area contributed by atoms with Gasteiger partial charge in [-0.2, -0.15) is 0 Å². The predicted molar refractivity (Wildman–Crippen MR) is 123 cm³/mol. The van der Waals surface area contributed by atoms with E-state index in [-0.39, 0.29) is 11.5 Å². The number of anilines is 1. The molecule has 4 aromatic rings. The molecule has 31 heavy (non-hydrogen) atoms. The van der Waals surface area contributed by atoms with Gasteiger partial charge in [0, 0.05) is 28.5 Å². The Morgan fingerprint density at radius 1 is 1.10 bits per heavy atom. The summed E-state index contributed by atoms with van der Waals surface area (Å²) in [6.07, 6.45) is 1.78. The highest BCUT2D eigenvalue weighted by atomic mass is 32.2. The number of aromatic nitrogens is 2. The van der Waals surface area contributed by atoms with Gasteiger partial charge in [-0.1, -0.05) is 24.3 Å². The zero-order valence-electron chi connectivity index (χ0n) is 17.2. The fourth-order valence-electron chi connectivity index (χ4n) is 3.14. The second-order valence-corrected chi connectivity index (χ2v) is 8.01. The van der Waals surface area contributed by atoms with E-state index in [9.17, 15) is 9.59 Å². The van der Waals surface area contributed by atoms with Crippen LogP contribution in [0.15, 0.2) is 82.6 Å². The summed E-state index contributed by atoms with van der Waals surface area (Å²) in [6, 6.07) is 19.9. The molecule has 0 radical (unpaired) electrons. The lowest BCUT2D eigenvalue weighted by atomic mass is 10.2. The molecule has 0 saturated heterocycles. The summed E-state index contributed by atoms with van der Waals surface area (Å²) in [5.74, 6) is 0.912. The van der Waals surface area contributed by atoms with Crippen molar-refractivity contribution in [2.75, 3.05) is 12.4 Å². The van der Waals surface area contributed by atoms with Crippen molar-refractivity contribution in [1.29, 1.82) is 0 Å². The fourth-order valence-corrected chi connectivity index (χ4v) is 4.04. The Morgan fingerprint density at radius 3 is 2.77 bits per heavy atom. The summed E-state index contributed by atoms with van der Waals surface area (Å²) in [5.41, 5.74) is 3.41. The number of thioether (sulfide) groups is 1. The number of nitrogens with one attached hydrogen (secondary N) is 1. The lowest BCUT2D eigenvalue weighted by Crippen LogP contribution is -2.15. The van der Waals surface area contributed by atoms with E-state index in [4.69, 9.17) is 4.74 Å². The molecule has 0 fully saturated rings. The normalized spacial score (nSPS) is 10.8. The van der Waals surface area contributed by atoms with Gasteiger partial charge in [0.1, 0.15) is 11.4 Å². The fraction of sp³-hybridized carbons (Fsp3) is 0.125. The molecule has 2 aromatic carbocycles. The number of carbonyl (C=O) groups is 1. The number of aryl methyl sites for hydroxylation is 1. The number of hydrogen-bond donors (Lipinski definition) is 1. The van der Waals surface area contributed by atoms with Crippen molar-refractivity contribution in [3.05, 3.63) is 100 Å². The lowest BCUT2D eigenvalue weighted by Gasteiger charge is -2.11. The molecule has 0 unspecified atom stereocenters. The summed E-state index contributed by atoms with van der Waals surface area (Å²) in [5, 5.41) is 2.96. The highest BCUT2D eigenvalue weighted by Gasteiger charge is 2.11. The van der Waals surface area contributed by atoms with Crippen molar-refractivity contribution < 1.29 is 9.53 Å². The van der Waals surface area contributed by atoms with Crippen molar-refractivity contribution in [2.45, 2.75) is 17.6 Å². The van der Waals surface area contributed by atoms with Crippen LogP contribution in [0.5, 0.6) is 5.75 Å². The van der Waals surface area contributed by atoms with Crippen molar-refractivity contribution >= 4 is 29.0 Å². The van der Waals surface area contributed by atoms with E-state index < -0.39 is 0 Å². The third kappa shape index (κ3) is 4.78. The number of pyridine rings is 1. The van der Waals surface area contributed by atoms with Crippen LogP contribution in [0.3, 0.4) is 0 Å². The Labute approximate surface area is 183 Å². The molecule has 1 N–H and O–H groups in total. The van der Waals surface area contributed by atoms with E-state index in [0.717, 1.165) is 10.5 Å². The van der Waals surface area contributed by atoms with Crippen molar-refractivity contribution in [2.24, 2.45) is 0 Å². The number of rotatable bonds is 6. The number of carbonyl (C=O) groups excluding carboxylic acids is 1. The average Bonchev–Trinajstić information content (AvgIpc) is 2.79. The van der Waals surface area contributed by atoms with Crippen LogP contribution in [-0.4, -0.2) is 22.4 Å². The van der Waals surface area contributed by atoms with Crippen LogP contribution in [0.2, 0.25) is 0 Å². The second kappa shape index (κ2) is 9.06. The van der Waals surface area contributed by atoms with E-state index in [1.807, 2.05) is 43.3 Å². The summed E-state index contributed by atoms with van der Waals surface area (Å²) < 4.78 is 6.74. The maximum Gasteiger partial charge on any atom is 0.258 e. The molecule has 2 heterocycles. The Kier molecular flexibility index (Phi) is 6.04. The third-order valence-corrected chi connectivity index (χ3v) is 5.81. The number of para-hydroxylation sites is 1. The number of hydrogen-bond acceptors (Lipinski definition) is 5. The Morgan fingerprint density at radius 2 is 1.94 bits per heavy atom. The molecule has 0 aliphatic carbocycles. The topological polar surface area (TPSA) is 72.7 Å². The van der Waals surface area contributed by atoms with E-state index in [1.165, 1.54) is 11.8 Å². The number of benzene rings is 2. The van der Waals surface area contributed by atoms with Gasteiger partial charge in [-0.3, -0.25) is 14.0 Å². The number of ether oxygens (including phenoxy) is 1. The highest BCUT2D eigenvalue weighted by Crippen LogP contribution is 2.30. The van der Waals surface area contributed by atoms with E-state index in [0.29, 0.717) is 34.1 Å². The van der Waals surface area contributed by atoms with Crippen molar-refractivity contribution in [3.8, 4) is 5.75 Å². The zero-order chi connectivity index (χ0) is 21.8. The van der Waals surface area contributed by atoms with Crippen LogP contribution in [-0.2, 0) is 5.75 Å². The quantitative estimate of drug-likeness (QED) is 0.453. The predicted octanol–water partition coefficient (Wildman–Crippen LogP) is 4.56. The van der Waals surface area contributed by atoms with E-state index in [1.54, 1.807) is 48.0 Å². The van der Waals surface area contributed by atoms with Gasteiger partial charge in [-0.25, -0.2) is 4.98 Å². The minimum atomic E-state index is -0.218. The zero-order valence-corrected chi connectivity index (χ0v) is 18.0. The van der Waals surface area contributed by atoms with Crippen LogP contribution in [0.4, 0.5) is 5.69 Å². The number of nitrogens with zero attached hydrogens (tertiary/aromatic N) is 2. The Balaban J connectivity index is 1.53. The molecule has 6 nitrogen and oxygen atoms in total. The van der Waals surface area contributed by atoms with E-state index in [2.05, 4.69) is 10.3 Å². The molecule has 0 atom stereocenters. The lowest BCUT2D eigenvalue weighted by molar-refractivity contribution is 0.102. The van der Waals surface area contributed by atoms with Gasteiger partial charge in [0.25, 0.3) is 11.5 Å². The molecule has 0 aliphatic rings. The Hall–Kier alpha value is -3.58. The standard InChI is InChI=1S/C24H21N3O3S/c1-16-10-11-22-25-18(13-23(28)27(22)14-16)15-31-21-9-4-3-8-20(21)26-24(29)17-6-5-7-19(12-17)30-2/h3-14H,15H2,1-2H3,(H,26,29). The molecule has 2 aromatic heterocycles. The van der Waals surface area contributed by atoms with Gasteiger partial charge in [0.2, 0.25) is 0 Å². The number of fused-ring (bicyclic) bond motifs is 1. The smallest absolute Gasteiger partial charge is 0.258 e. The molecule has 4 rings (SSSR count). The molecule has 0 spiro atoms. The summed E-state index contributed by atoms with van der Waals surface area (Å²) in [7, 11) is 1.57. The first-order chi connectivity index (χ1) is 15.0. The summed E-state index contributed by atoms with van der Waals surface area (Å²) in [4.78, 5) is 30.6. The van der Waals surface area contributed by atoms with Gasteiger partial charge in [-0.15, -0.1) is 11.8 Å². The first-order valence-corrected chi connectivity index (χ1v) is 10.7. The van der Waals surface area contributed by atoms with E-state index >= 15 is 0 Å². The van der Waals surface area contributed by atoms with Crippen molar-refractivity contribution in [3.63, 3.8) is 0 Å². The minimum Gasteiger partial charge on any atom is -0.497 e. The second-order valence-electron chi connectivity index (χ2n) is 6.99. The average molecular weight is 432 g/mol. The molecular weight excluding hydrogens is 410 g/mol. The van der Waals surface area contributed by atoms with Crippen LogP contribution >= 0.6 is 11.8 Å². The van der Waals surface area contributed by atoms with Gasteiger partial charge < -0.3 is 10.1 Å². The van der Waals surface area contributed by atoms with Gasteiger partial charge in [-0.05, 0) is 48.9 Å². The third-order valence-electron chi connectivity index (χ3n) is 4.70. The summed E-state index contributed by atoms with van der Waals surface area (Å²) in [6.45, 7) is 1.94. The van der Waals surface area contributed by atoms with Crippen LogP contribution in [0.25, 0.3) is 5.65 Å². The van der Waals surface area contributed by atoms with Gasteiger partial charge >= 0.3 is 0 Å². The molecule has 0 saturated carbocycles. The first kappa shape index (κ1) is 20.7. The molecule has 0 aliphatic heterocycles. The van der Waals surface area contributed by atoms with Gasteiger partial charge in [0.15, 0.2) is 0 Å². The largest absolute Gasteiger partial charge is 0.497 e. The summed E-state index contributed by atoms with van der Waals surface area (Å²) >= 11 is 1.52. The molecule has 7 heteroatoms. The SMILES string of the molecule is COc1cccc(C(=O)Nc2ccccc2SCc2cc(=O)n3cc(C)ccc3n2)c1. The number of methoxy groups -OCH3 is 1. The highest BCUT2D eigenvalue weighted by molar-refractivity contribution is 7.98. The molecule has 0 bridgehead atoms. The van der Waals surface area contributed by atoms with Crippen LogP contribution in [0.1, 0.15) is 21.6 Å². The first-order valence-electron chi connectivity index (χ1n) is 9.70. The van der Waals surface area contributed by atoms with Crippen LogP contribution in [0, 0.1) is 6.92 Å². The van der Waals surface area contributed by atoms with Crippen molar-refractivity contribution in [1.82, 2.24) is 9.38 Å².